The molecular formula is C42H48KN2O6P3. The summed E-state index contributed by atoms with van der Waals surface area (Å²) in [6, 6.07) is 50.8. The van der Waals surface area contributed by atoms with Crippen LogP contribution in [0, 0.1) is 0 Å². The fraction of sp³-hybridized carbons (Fsp3) is 0.143. The quantitative estimate of drug-likeness (QED) is 0.105. The van der Waals surface area contributed by atoms with E-state index in [0.29, 0.717) is 31.8 Å². The summed E-state index contributed by atoms with van der Waals surface area (Å²) in [4.78, 5) is 36.2. The minimum absolute atomic E-state index is 0. The monoisotopic (exact) mass is 808 g/mol. The number of hydrogen-bond acceptors (Lipinski definition) is 6. The number of benzene rings is 6. The van der Waals surface area contributed by atoms with E-state index >= 15 is 0 Å². The minimum atomic E-state index is -3.65. The Balaban J connectivity index is 0.000000254. The van der Waals surface area contributed by atoms with Gasteiger partial charge in [-0.15, -0.1) is 0 Å². The van der Waals surface area contributed by atoms with Gasteiger partial charge in [0.15, 0.2) is 0 Å². The van der Waals surface area contributed by atoms with Crippen LogP contribution in [-0.4, -0.2) is 13.1 Å². The Labute approximate surface area is 362 Å². The van der Waals surface area contributed by atoms with Gasteiger partial charge in [-0.05, 0) is 25.7 Å². The van der Waals surface area contributed by atoms with Crippen molar-refractivity contribution in [2.45, 2.75) is 25.7 Å². The van der Waals surface area contributed by atoms with Gasteiger partial charge in [0.2, 0.25) is 0 Å². The molecule has 12 heteroatoms. The molecular weight excluding hydrogens is 760 g/mol. The number of hydrogen-bond donors (Lipinski definition) is 2. The molecule has 0 bridgehead atoms. The van der Waals surface area contributed by atoms with Crippen molar-refractivity contribution in [3.8, 4) is 0 Å². The van der Waals surface area contributed by atoms with Crippen molar-refractivity contribution in [2.24, 2.45) is 0 Å². The third-order valence-electron chi connectivity index (χ3n) is 7.83. The molecule has 0 aromatic heterocycles. The van der Waals surface area contributed by atoms with E-state index in [1.807, 2.05) is 0 Å². The Morgan fingerprint density at radius 1 is 0.315 bits per heavy atom. The molecule has 0 radical (unpaired) electrons. The molecule has 0 amide bonds. The Hall–Kier alpha value is -2.55. The van der Waals surface area contributed by atoms with Crippen LogP contribution in [0.2, 0.25) is 0 Å². The van der Waals surface area contributed by atoms with E-state index in [4.69, 9.17) is 0 Å². The average Bonchev–Trinajstić information content (AvgIpc) is 3.22. The van der Waals surface area contributed by atoms with Gasteiger partial charge in [0.25, 0.3) is 0 Å². The molecule has 0 aliphatic carbocycles. The largest absolute Gasteiger partial charge is 1.00 e. The van der Waals surface area contributed by atoms with Crippen LogP contribution in [0.3, 0.4) is 0 Å². The predicted octanol–water partition coefficient (Wildman–Crippen LogP) is -0.138. The maximum absolute atomic E-state index is 12.1. The maximum atomic E-state index is 12.1. The van der Waals surface area contributed by atoms with Crippen LogP contribution in [0.5, 0.6) is 0 Å². The first-order valence-corrected chi connectivity index (χ1v) is 22.3. The van der Waals surface area contributed by atoms with Crippen molar-refractivity contribution in [3.05, 3.63) is 182 Å². The molecule has 0 spiro atoms. The zero-order valence-corrected chi connectivity index (χ0v) is 36.6. The van der Waals surface area contributed by atoms with Crippen LogP contribution >= 0.6 is 22.1 Å². The molecule has 54 heavy (non-hydrogen) atoms. The number of quaternary nitrogens is 2. The Bertz CT molecular complexity index is 1650. The van der Waals surface area contributed by atoms with E-state index in [2.05, 4.69) is 11.5 Å². The van der Waals surface area contributed by atoms with Crippen molar-refractivity contribution in [2.75, 3.05) is 13.1 Å². The van der Waals surface area contributed by atoms with Gasteiger partial charge >= 0.3 is 51.4 Å². The first-order chi connectivity index (χ1) is 25.5. The molecule has 0 fully saturated rings. The van der Waals surface area contributed by atoms with Crippen molar-refractivity contribution in [3.63, 3.8) is 0 Å². The van der Waals surface area contributed by atoms with Crippen LogP contribution in [0.1, 0.15) is 25.7 Å². The van der Waals surface area contributed by atoms with Crippen molar-refractivity contribution in [1.82, 2.24) is 0 Å². The second kappa shape index (κ2) is 25.6. The van der Waals surface area contributed by atoms with Crippen LogP contribution in [-0.2, 0) is 13.7 Å². The van der Waals surface area contributed by atoms with E-state index in [0.717, 1.165) is 13.1 Å². The molecule has 0 heterocycles. The van der Waals surface area contributed by atoms with E-state index in [1.165, 1.54) is 25.7 Å². The van der Waals surface area contributed by atoms with Crippen molar-refractivity contribution < 1.29 is 91.2 Å². The van der Waals surface area contributed by atoms with Crippen molar-refractivity contribution >= 4 is 53.9 Å². The summed E-state index contributed by atoms with van der Waals surface area (Å²) in [6.07, 6.45) is 5.28. The van der Waals surface area contributed by atoms with Crippen molar-refractivity contribution in [1.29, 1.82) is 0 Å². The Morgan fingerprint density at radius 2 is 0.463 bits per heavy atom. The summed E-state index contributed by atoms with van der Waals surface area (Å²) in [6.45, 7) is 2.19. The van der Waals surface area contributed by atoms with Gasteiger partial charge in [0.1, 0.15) is 0 Å². The molecule has 0 saturated heterocycles. The van der Waals surface area contributed by atoms with E-state index in [9.17, 15) is 28.4 Å². The van der Waals surface area contributed by atoms with Crippen LogP contribution in [0.25, 0.3) is 0 Å². The second-order valence-electron chi connectivity index (χ2n) is 11.8. The van der Waals surface area contributed by atoms with Gasteiger partial charge in [-0.2, -0.15) is 0 Å². The molecule has 278 valence electrons. The summed E-state index contributed by atoms with van der Waals surface area (Å²) in [7, 11) is -10.9. The van der Waals surface area contributed by atoms with Gasteiger partial charge in [-0.1, -0.05) is 182 Å². The van der Waals surface area contributed by atoms with E-state index < -0.39 is 22.1 Å². The summed E-state index contributed by atoms with van der Waals surface area (Å²) in [5.41, 5.74) is 7.54. The van der Waals surface area contributed by atoms with E-state index in [1.54, 1.807) is 182 Å². The average molecular weight is 809 g/mol. The first-order valence-electron chi connectivity index (χ1n) is 17.4. The van der Waals surface area contributed by atoms with Gasteiger partial charge in [-0.3, -0.25) is 0 Å². The zero-order chi connectivity index (χ0) is 38.4. The molecule has 8 nitrogen and oxygen atoms in total. The molecule has 0 unspecified atom stereocenters. The molecule has 6 rings (SSSR count). The Morgan fingerprint density at radius 3 is 0.593 bits per heavy atom. The second-order valence-corrected chi connectivity index (χ2v) is 18.2. The number of rotatable bonds is 11. The third kappa shape index (κ3) is 15.5. The molecule has 6 N–H and O–H groups in total. The molecule has 6 aromatic rings. The minimum Gasteiger partial charge on any atom is -0.793 e. The van der Waals surface area contributed by atoms with Gasteiger partial charge in [-0.25, -0.2) is 0 Å². The van der Waals surface area contributed by atoms with E-state index in [-0.39, 0.29) is 51.4 Å². The van der Waals surface area contributed by atoms with Gasteiger partial charge in [0, 0.05) is 31.8 Å². The summed E-state index contributed by atoms with van der Waals surface area (Å²) in [5, 5.41) is 2.15. The van der Waals surface area contributed by atoms with Crippen LogP contribution < -0.4 is 109 Å². The molecule has 6 aromatic carbocycles. The zero-order valence-electron chi connectivity index (χ0n) is 30.8. The number of unbranched alkanes of at least 4 members (excludes halogenated alkanes) is 3. The van der Waals surface area contributed by atoms with Crippen LogP contribution in [0.15, 0.2) is 182 Å². The summed E-state index contributed by atoms with van der Waals surface area (Å²) in [5.74, 6) is 0. The van der Waals surface area contributed by atoms with Crippen LogP contribution in [0.4, 0.5) is 0 Å². The molecule has 0 aliphatic rings. The fourth-order valence-electron chi connectivity index (χ4n) is 4.90. The summed E-state index contributed by atoms with van der Waals surface area (Å²) < 4.78 is 36.2. The van der Waals surface area contributed by atoms with Gasteiger partial charge < -0.3 is 39.8 Å². The molecule has 0 aliphatic heterocycles. The molecule has 0 atom stereocenters. The standard InChI is InChI=1S/3C12H11O2P.C6H16N2.K/c3*13-15(14,11-7-3-1-4-8-11)12-9-5-2-6-10-12;7-5-3-1-2-4-6-8;/h3*1-10H,(H,13,14);1-8H2;/q;;;;+1/p-1. The predicted molar refractivity (Wildman–Crippen MR) is 213 cm³/mol. The topological polar surface area (TPSA) is 176 Å². The smallest absolute Gasteiger partial charge is 0.793 e. The third-order valence-corrected chi connectivity index (χ3v) is 13.7. The fourth-order valence-corrected chi connectivity index (χ4v) is 9.18. The van der Waals surface area contributed by atoms with Gasteiger partial charge in [0.05, 0.1) is 35.2 Å². The summed E-state index contributed by atoms with van der Waals surface area (Å²) >= 11 is 0. The Kier molecular flexibility index (Phi) is 22.5. The SMILES string of the molecule is O=P([O-])(c1ccccc1)c1ccccc1.O=P([O-])(c1ccccc1)c1ccccc1.O=P([O-])(c1ccccc1)c1ccccc1.[K+].[NH3+]CCCCCC[NH3+]. The first kappa shape index (κ1) is 47.6. The maximum Gasteiger partial charge on any atom is 1.00 e. The normalized spacial score (nSPS) is 10.8. The molecule has 0 saturated carbocycles.